The summed E-state index contributed by atoms with van der Waals surface area (Å²) in [6, 6.07) is 13.1. The number of carbonyl (C=O) groups is 2. The molecule has 0 fully saturated rings. The SMILES string of the molecule is COCC(=O)NCCCn1c(-c2ccc(OC(C)C)cc2)csc1=NC(=O)c1cccc(C)n1. The number of ether oxygens (including phenoxy) is 2. The van der Waals surface area contributed by atoms with Gasteiger partial charge in [0.2, 0.25) is 5.91 Å². The molecule has 0 bridgehead atoms. The summed E-state index contributed by atoms with van der Waals surface area (Å²) in [4.78, 5) is 33.7. The number of nitrogens with one attached hydrogen (secondary N) is 1. The molecular weight excluding hydrogens is 452 g/mol. The quantitative estimate of drug-likeness (QED) is 0.446. The molecule has 0 unspecified atom stereocenters. The highest BCUT2D eigenvalue weighted by atomic mass is 32.1. The van der Waals surface area contributed by atoms with Crippen molar-refractivity contribution in [3.05, 3.63) is 64.0 Å². The van der Waals surface area contributed by atoms with Crippen molar-refractivity contribution in [3.8, 4) is 17.0 Å². The number of pyridine rings is 1. The molecule has 180 valence electrons. The Kier molecular flexibility index (Phi) is 9.12. The zero-order valence-electron chi connectivity index (χ0n) is 19.9. The lowest BCUT2D eigenvalue weighted by Crippen LogP contribution is -2.29. The molecule has 1 N–H and O–H groups in total. The van der Waals surface area contributed by atoms with Crippen LogP contribution in [-0.2, 0) is 16.1 Å². The zero-order chi connectivity index (χ0) is 24.5. The fourth-order valence-electron chi connectivity index (χ4n) is 3.30. The van der Waals surface area contributed by atoms with Crippen LogP contribution in [0.4, 0.5) is 0 Å². The number of hydrogen-bond donors (Lipinski definition) is 1. The summed E-state index contributed by atoms with van der Waals surface area (Å²) < 4.78 is 12.6. The van der Waals surface area contributed by atoms with Gasteiger partial charge in [-0.3, -0.25) is 9.59 Å². The smallest absolute Gasteiger partial charge is 0.298 e. The number of amides is 2. The van der Waals surface area contributed by atoms with Crippen LogP contribution in [0.15, 0.2) is 52.8 Å². The van der Waals surface area contributed by atoms with Crippen molar-refractivity contribution >= 4 is 23.2 Å². The molecule has 0 spiro atoms. The molecule has 0 radical (unpaired) electrons. The molecule has 3 rings (SSSR count). The number of methoxy groups -OCH3 is 1. The van der Waals surface area contributed by atoms with E-state index in [9.17, 15) is 9.59 Å². The summed E-state index contributed by atoms with van der Waals surface area (Å²) in [5, 5.41) is 4.81. The molecule has 2 aromatic heterocycles. The van der Waals surface area contributed by atoms with Crippen LogP contribution in [0.3, 0.4) is 0 Å². The van der Waals surface area contributed by atoms with E-state index in [1.807, 2.05) is 61.1 Å². The Hall–Kier alpha value is -3.30. The van der Waals surface area contributed by atoms with Gasteiger partial charge in [-0.2, -0.15) is 4.99 Å². The van der Waals surface area contributed by atoms with E-state index in [0.29, 0.717) is 30.0 Å². The first kappa shape index (κ1) is 25.3. The number of aromatic nitrogens is 2. The van der Waals surface area contributed by atoms with E-state index in [-0.39, 0.29) is 24.5 Å². The van der Waals surface area contributed by atoms with Crippen LogP contribution in [-0.4, -0.2) is 47.7 Å². The van der Waals surface area contributed by atoms with Crippen molar-refractivity contribution in [3.63, 3.8) is 0 Å². The summed E-state index contributed by atoms with van der Waals surface area (Å²) in [7, 11) is 1.48. The standard InChI is InChI=1S/C25H30N4O4S/c1-17(2)33-20-11-9-19(10-12-20)22-16-34-25(28-24(31)21-8-5-7-18(3)27-21)29(22)14-6-13-26-23(30)15-32-4/h5,7-12,16-17H,6,13-15H2,1-4H3,(H,26,30). The van der Waals surface area contributed by atoms with E-state index < -0.39 is 0 Å². The van der Waals surface area contributed by atoms with Gasteiger partial charge >= 0.3 is 0 Å². The van der Waals surface area contributed by atoms with Gasteiger partial charge in [-0.15, -0.1) is 11.3 Å². The van der Waals surface area contributed by atoms with Gasteiger partial charge in [0.1, 0.15) is 18.1 Å². The second-order valence-corrected chi connectivity index (χ2v) is 8.80. The van der Waals surface area contributed by atoms with E-state index in [1.165, 1.54) is 18.4 Å². The van der Waals surface area contributed by atoms with Gasteiger partial charge in [0.15, 0.2) is 4.80 Å². The van der Waals surface area contributed by atoms with E-state index >= 15 is 0 Å². The summed E-state index contributed by atoms with van der Waals surface area (Å²) in [5.74, 6) is 0.247. The number of nitrogens with zero attached hydrogens (tertiary/aromatic N) is 3. The Morgan fingerprint density at radius 2 is 1.94 bits per heavy atom. The molecule has 3 aromatic rings. The highest BCUT2D eigenvalue weighted by Gasteiger charge is 2.12. The molecule has 2 heterocycles. The Bertz CT molecular complexity index is 1180. The Balaban J connectivity index is 1.88. The van der Waals surface area contributed by atoms with Crippen LogP contribution in [0.1, 0.15) is 36.5 Å². The van der Waals surface area contributed by atoms with Gasteiger partial charge in [-0.05, 0) is 69.2 Å². The van der Waals surface area contributed by atoms with Gasteiger partial charge in [0.25, 0.3) is 5.91 Å². The maximum absolute atomic E-state index is 12.8. The molecule has 0 aliphatic rings. The number of thiazole rings is 1. The van der Waals surface area contributed by atoms with Crippen LogP contribution >= 0.6 is 11.3 Å². The maximum atomic E-state index is 12.8. The molecule has 0 atom stereocenters. The van der Waals surface area contributed by atoms with Gasteiger partial charge in [0.05, 0.1) is 11.8 Å². The molecule has 2 amide bonds. The summed E-state index contributed by atoms with van der Waals surface area (Å²) in [6.07, 6.45) is 0.759. The van der Waals surface area contributed by atoms with Gasteiger partial charge in [0, 0.05) is 31.3 Å². The second-order valence-electron chi connectivity index (χ2n) is 7.96. The minimum atomic E-state index is -0.389. The van der Waals surface area contributed by atoms with Crippen molar-refractivity contribution in [2.45, 2.75) is 39.8 Å². The Labute approximate surface area is 203 Å². The third-order valence-electron chi connectivity index (χ3n) is 4.78. The van der Waals surface area contributed by atoms with Crippen LogP contribution in [0.2, 0.25) is 0 Å². The average Bonchev–Trinajstić information content (AvgIpc) is 3.19. The molecule has 0 saturated heterocycles. The predicted octanol–water partition coefficient (Wildman–Crippen LogP) is 3.60. The fourth-order valence-corrected chi connectivity index (χ4v) is 4.23. The predicted molar refractivity (Wildman–Crippen MR) is 132 cm³/mol. The molecular formula is C25H30N4O4S. The average molecular weight is 483 g/mol. The number of hydrogen-bond acceptors (Lipinski definition) is 6. The van der Waals surface area contributed by atoms with Crippen LogP contribution in [0, 0.1) is 6.92 Å². The third kappa shape index (κ3) is 7.10. The van der Waals surface area contributed by atoms with E-state index in [4.69, 9.17) is 9.47 Å². The third-order valence-corrected chi connectivity index (χ3v) is 5.64. The van der Waals surface area contributed by atoms with Crippen molar-refractivity contribution in [1.82, 2.24) is 14.9 Å². The highest BCUT2D eigenvalue weighted by molar-refractivity contribution is 7.07. The van der Waals surface area contributed by atoms with E-state index in [0.717, 1.165) is 22.7 Å². The van der Waals surface area contributed by atoms with Crippen molar-refractivity contribution in [1.29, 1.82) is 0 Å². The minimum Gasteiger partial charge on any atom is -0.491 e. The van der Waals surface area contributed by atoms with E-state index in [1.54, 1.807) is 12.1 Å². The molecule has 8 nitrogen and oxygen atoms in total. The highest BCUT2D eigenvalue weighted by Crippen LogP contribution is 2.24. The van der Waals surface area contributed by atoms with Crippen molar-refractivity contribution < 1.29 is 19.1 Å². The van der Waals surface area contributed by atoms with Crippen molar-refractivity contribution in [2.75, 3.05) is 20.3 Å². The number of rotatable bonds is 10. The summed E-state index contributed by atoms with van der Waals surface area (Å²) >= 11 is 1.39. The minimum absolute atomic E-state index is 0.0280. The largest absolute Gasteiger partial charge is 0.491 e. The summed E-state index contributed by atoms with van der Waals surface area (Å²) in [6.45, 7) is 6.90. The zero-order valence-corrected chi connectivity index (χ0v) is 20.7. The molecule has 9 heteroatoms. The number of benzene rings is 1. The second kappa shape index (κ2) is 12.2. The van der Waals surface area contributed by atoms with E-state index in [2.05, 4.69) is 15.3 Å². The lowest BCUT2D eigenvalue weighted by atomic mass is 10.1. The van der Waals surface area contributed by atoms with Crippen LogP contribution < -0.4 is 14.9 Å². The van der Waals surface area contributed by atoms with Gasteiger partial charge < -0.3 is 19.4 Å². The normalized spacial score (nSPS) is 11.6. The fraction of sp³-hybridized carbons (Fsp3) is 0.360. The number of aryl methyl sites for hydroxylation is 1. The lowest BCUT2D eigenvalue weighted by molar-refractivity contribution is -0.124. The molecule has 34 heavy (non-hydrogen) atoms. The maximum Gasteiger partial charge on any atom is 0.298 e. The van der Waals surface area contributed by atoms with Crippen molar-refractivity contribution in [2.24, 2.45) is 4.99 Å². The Morgan fingerprint density at radius 1 is 1.18 bits per heavy atom. The molecule has 0 aliphatic heterocycles. The first-order valence-electron chi connectivity index (χ1n) is 11.1. The van der Waals surface area contributed by atoms with Gasteiger partial charge in [-0.1, -0.05) is 6.07 Å². The van der Waals surface area contributed by atoms with Crippen LogP contribution in [0.5, 0.6) is 5.75 Å². The van der Waals surface area contributed by atoms with Gasteiger partial charge in [-0.25, -0.2) is 4.98 Å². The summed E-state index contributed by atoms with van der Waals surface area (Å²) in [5.41, 5.74) is 2.99. The lowest BCUT2D eigenvalue weighted by Gasteiger charge is -2.12. The number of carbonyl (C=O) groups excluding carboxylic acids is 2. The van der Waals surface area contributed by atoms with Crippen LogP contribution in [0.25, 0.3) is 11.3 Å². The molecule has 0 saturated carbocycles. The molecule has 1 aromatic carbocycles. The molecule has 0 aliphatic carbocycles. The first-order valence-corrected chi connectivity index (χ1v) is 12.0. The first-order chi connectivity index (χ1) is 16.4. The monoisotopic (exact) mass is 482 g/mol. The Morgan fingerprint density at radius 3 is 2.62 bits per heavy atom. The topological polar surface area (TPSA) is 94.8 Å².